The molecule has 3 aromatic rings. The molecular weight excluding hydrogens is 444 g/mol. The first-order chi connectivity index (χ1) is 17.6. The molecule has 0 saturated carbocycles. The normalized spacial score (nSPS) is 14.3. The third-order valence-electron chi connectivity index (χ3n) is 6.31. The van der Waals surface area contributed by atoms with Gasteiger partial charge in [0.25, 0.3) is 0 Å². The molecule has 1 aromatic heterocycles. The molecule has 0 bridgehead atoms. The van der Waals surface area contributed by atoms with Gasteiger partial charge in [0.15, 0.2) is 5.78 Å². The number of rotatable bonds is 10. The van der Waals surface area contributed by atoms with Gasteiger partial charge >= 0.3 is 0 Å². The molecule has 0 amide bonds. The van der Waals surface area contributed by atoms with Gasteiger partial charge in [-0.1, -0.05) is 67.3 Å². The van der Waals surface area contributed by atoms with Crippen molar-refractivity contribution in [1.29, 1.82) is 0 Å². The number of pyridine rings is 1. The number of carbonyl (C=O) groups is 1. The number of hydrogen-bond donors (Lipinski definition) is 1. The summed E-state index contributed by atoms with van der Waals surface area (Å²) in [5, 5.41) is 4.10. The van der Waals surface area contributed by atoms with E-state index in [0.717, 1.165) is 51.6 Å². The highest BCUT2D eigenvalue weighted by atomic mass is 16.5. The molecule has 0 unspecified atom stereocenters. The number of benzene rings is 2. The summed E-state index contributed by atoms with van der Waals surface area (Å²) in [5.74, 6) is -0.115. The maximum Gasteiger partial charge on any atom is 0.190 e. The summed E-state index contributed by atoms with van der Waals surface area (Å²) >= 11 is 0. The van der Waals surface area contributed by atoms with Crippen molar-refractivity contribution >= 4 is 27.8 Å². The van der Waals surface area contributed by atoms with Crippen LogP contribution in [0.1, 0.15) is 30.9 Å². The fourth-order valence-corrected chi connectivity index (χ4v) is 4.22. The molecule has 1 aliphatic rings. The molecule has 1 aliphatic carbocycles. The van der Waals surface area contributed by atoms with E-state index in [0.29, 0.717) is 17.9 Å². The zero-order chi connectivity index (χ0) is 25.3. The molecule has 1 heterocycles. The van der Waals surface area contributed by atoms with Gasteiger partial charge < -0.3 is 10.1 Å². The lowest BCUT2D eigenvalue weighted by Crippen LogP contribution is -2.19. The number of nitrogens with one attached hydrogen (secondary N) is 1. The number of likely N-dealkylation sites (N-methyl/N-ethyl adjacent to an activating group) is 1. The Bertz CT molecular complexity index is 1380. The Morgan fingerprint density at radius 1 is 1.08 bits per heavy atom. The molecule has 0 spiro atoms. The first kappa shape index (κ1) is 25.1. The lowest BCUT2D eigenvalue weighted by atomic mass is 9.92. The van der Waals surface area contributed by atoms with Crippen LogP contribution >= 0.6 is 0 Å². The summed E-state index contributed by atoms with van der Waals surface area (Å²) in [6.45, 7) is 6.60. The van der Waals surface area contributed by atoms with Crippen LogP contribution in [0.3, 0.4) is 0 Å². The van der Waals surface area contributed by atoms with Crippen LogP contribution < -0.4 is 5.32 Å². The maximum absolute atomic E-state index is 13.4. The molecule has 182 valence electrons. The number of fused-ring (bicyclic) bond motifs is 1. The van der Waals surface area contributed by atoms with Gasteiger partial charge in [0.1, 0.15) is 6.61 Å². The topological polar surface area (TPSA) is 51.2 Å². The number of hydrogen-bond acceptors (Lipinski definition) is 4. The number of carbonyl (C=O) groups excluding carboxylic acids is 1. The average molecular weight is 477 g/mol. The lowest BCUT2D eigenvalue weighted by molar-refractivity contribution is -0.119. The third-order valence-corrected chi connectivity index (χ3v) is 6.31. The van der Waals surface area contributed by atoms with Crippen molar-refractivity contribution in [3.63, 3.8) is 0 Å². The first-order valence-corrected chi connectivity index (χ1v) is 12.2. The summed E-state index contributed by atoms with van der Waals surface area (Å²) in [5.41, 5.74) is 7.20. The van der Waals surface area contributed by atoms with Crippen molar-refractivity contribution in [2.45, 2.75) is 19.8 Å². The van der Waals surface area contributed by atoms with E-state index in [4.69, 9.17) is 4.74 Å². The summed E-state index contributed by atoms with van der Waals surface area (Å²) in [7, 11) is 1.77. The van der Waals surface area contributed by atoms with E-state index in [1.807, 2.05) is 42.5 Å². The van der Waals surface area contributed by atoms with Crippen LogP contribution in [0.5, 0.6) is 0 Å². The van der Waals surface area contributed by atoms with Crippen molar-refractivity contribution < 1.29 is 9.53 Å². The maximum atomic E-state index is 13.4. The van der Waals surface area contributed by atoms with Crippen LogP contribution in [0.2, 0.25) is 0 Å². The van der Waals surface area contributed by atoms with E-state index in [9.17, 15) is 4.79 Å². The Balaban J connectivity index is 1.73. The SMILES string of the molecule is C=C(NC)/C(=C\C(=C(/C)c1ccccc1)c1ccc2ncccc2c1)C(=O)COCC1=CCCC=C1. The fraction of sp³-hybridized carbons (Fsp3) is 0.188. The van der Waals surface area contributed by atoms with Crippen molar-refractivity contribution in [2.24, 2.45) is 0 Å². The molecule has 4 heteroatoms. The van der Waals surface area contributed by atoms with Crippen molar-refractivity contribution in [3.8, 4) is 0 Å². The van der Waals surface area contributed by atoms with E-state index in [1.165, 1.54) is 0 Å². The van der Waals surface area contributed by atoms with Gasteiger partial charge in [0, 0.05) is 29.9 Å². The number of ketones is 1. The summed E-state index contributed by atoms with van der Waals surface area (Å²) in [4.78, 5) is 17.8. The summed E-state index contributed by atoms with van der Waals surface area (Å²) < 4.78 is 5.80. The molecule has 4 nitrogen and oxygen atoms in total. The van der Waals surface area contributed by atoms with Gasteiger partial charge in [-0.15, -0.1) is 0 Å². The largest absolute Gasteiger partial charge is 0.388 e. The first-order valence-electron chi connectivity index (χ1n) is 12.2. The van der Waals surface area contributed by atoms with E-state index in [2.05, 4.69) is 66.3 Å². The Kier molecular flexibility index (Phi) is 8.43. The highest BCUT2D eigenvalue weighted by Gasteiger charge is 2.16. The predicted octanol–water partition coefficient (Wildman–Crippen LogP) is 6.69. The molecule has 4 rings (SSSR count). The molecule has 0 saturated heterocycles. The number of nitrogens with zero attached hydrogens (tertiary/aromatic N) is 1. The van der Waals surface area contributed by atoms with Gasteiger partial charge in [0.05, 0.1) is 12.1 Å². The number of ether oxygens (including phenoxy) is 1. The van der Waals surface area contributed by atoms with Gasteiger partial charge in [-0.05, 0) is 71.9 Å². The van der Waals surface area contributed by atoms with E-state index in [-0.39, 0.29) is 12.4 Å². The number of Topliss-reactive ketones (excluding diaryl/α,β-unsaturated/α-hetero) is 1. The summed E-state index contributed by atoms with van der Waals surface area (Å²) in [6.07, 6.45) is 12.2. The van der Waals surface area contributed by atoms with Crippen LogP contribution in [0.25, 0.3) is 22.0 Å². The second-order valence-corrected chi connectivity index (χ2v) is 8.78. The molecular formula is C32H32N2O2. The molecule has 0 aliphatic heterocycles. The van der Waals surface area contributed by atoms with Crippen LogP contribution in [-0.2, 0) is 9.53 Å². The Morgan fingerprint density at radius 3 is 2.67 bits per heavy atom. The van der Waals surface area contributed by atoms with Gasteiger partial charge in [0.2, 0.25) is 0 Å². The minimum Gasteiger partial charge on any atom is -0.388 e. The number of aromatic nitrogens is 1. The highest BCUT2D eigenvalue weighted by molar-refractivity contribution is 6.06. The van der Waals surface area contributed by atoms with Gasteiger partial charge in [-0.2, -0.15) is 0 Å². The van der Waals surface area contributed by atoms with Crippen LogP contribution in [0, 0.1) is 0 Å². The van der Waals surface area contributed by atoms with E-state index in [1.54, 1.807) is 13.2 Å². The van der Waals surface area contributed by atoms with Crippen LogP contribution in [0.15, 0.2) is 115 Å². The Morgan fingerprint density at radius 2 is 1.92 bits per heavy atom. The molecule has 0 fully saturated rings. The van der Waals surface area contributed by atoms with Crippen molar-refractivity contribution in [3.05, 3.63) is 126 Å². The number of allylic oxidation sites excluding steroid dienone is 6. The second-order valence-electron chi connectivity index (χ2n) is 8.78. The van der Waals surface area contributed by atoms with Crippen molar-refractivity contribution in [1.82, 2.24) is 10.3 Å². The van der Waals surface area contributed by atoms with E-state index < -0.39 is 0 Å². The lowest BCUT2D eigenvalue weighted by Gasteiger charge is -2.15. The van der Waals surface area contributed by atoms with Crippen molar-refractivity contribution in [2.75, 3.05) is 20.3 Å². The Labute approximate surface area is 213 Å². The standard InChI is InChI=1S/C32H32N2O2/c1-23(26-13-8-5-9-14-26)29(27-16-17-31-28(19-27)15-10-18-34-31)20-30(24(2)33-3)32(35)22-36-21-25-11-6-4-7-12-25/h5-6,8-20,33H,2,4,7,21-22H2,1,3H3/b29-23-,30-20+. The predicted molar refractivity (Wildman–Crippen MR) is 149 cm³/mol. The smallest absolute Gasteiger partial charge is 0.190 e. The minimum absolute atomic E-state index is 0.0168. The zero-order valence-corrected chi connectivity index (χ0v) is 21.0. The van der Waals surface area contributed by atoms with Crippen LogP contribution in [0.4, 0.5) is 0 Å². The molecule has 2 aromatic carbocycles. The highest BCUT2D eigenvalue weighted by Crippen LogP contribution is 2.31. The van der Waals surface area contributed by atoms with Crippen LogP contribution in [-0.4, -0.2) is 31.0 Å². The minimum atomic E-state index is -0.115. The third kappa shape index (κ3) is 6.15. The summed E-state index contributed by atoms with van der Waals surface area (Å²) in [6, 6.07) is 20.4. The monoisotopic (exact) mass is 476 g/mol. The quantitative estimate of drug-likeness (QED) is 0.201. The molecule has 0 radical (unpaired) electrons. The van der Waals surface area contributed by atoms with E-state index >= 15 is 0 Å². The average Bonchev–Trinajstić information content (AvgIpc) is 2.93. The fourth-order valence-electron chi connectivity index (χ4n) is 4.22. The zero-order valence-electron chi connectivity index (χ0n) is 21.0. The molecule has 1 N–H and O–H groups in total. The second kappa shape index (κ2) is 12.1. The Hall–Kier alpha value is -4.02. The van der Waals surface area contributed by atoms with Gasteiger partial charge in [-0.25, -0.2) is 0 Å². The van der Waals surface area contributed by atoms with Gasteiger partial charge in [-0.3, -0.25) is 9.78 Å². The molecule has 36 heavy (non-hydrogen) atoms. The molecule has 0 atom stereocenters.